The van der Waals surface area contributed by atoms with E-state index in [2.05, 4.69) is 56.6 Å². The van der Waals surface area contributed by atoms with E-state index in [0.29, 0.717) is 0 Å². The Morgan fingerprint density at radius 3 is 2.37 bits per heavy atom. The van der Waals surface area contributed by atoms with Crippen molar-refractivity contribution in [2.24, 2.45) is 10.8 Å². The first kappa shape index (κ1) is 20.4. The Morgan fingerprint density at radius 1 is 1.04 bits per heavy atom. The number of hydrogen-bond acceptors (Lipinski definition) is 2. The fourth-order valence-electron chi connectivity index (χ4n) is 5.23. The van der Waals surface area contributed by atoms with Crippen LogP contribution in [-0.2, 0) is 0 Å². The van der Waals surface area contributed by atoms with Gasteiger partial charge in [0.1, 0.15) is 5.82 Å². The molecule has 1 aromatic carbocycles. The molecule has 3 rings (SSSR count). The van der Waals surface area contributed by atoms with Crippen LogP contribution in [-0.4, -0.2) is 37.6 Å². The molecule has 0 unspecified atom stereocenters. The van der Waals surface area contributed by atoms with Gasteiger partial charge >= 0.3 is 0 Å². The third kappa shape index (κ3) is 4.93. The molecule has 1 aliphatic carbocycles. The molecule has 27 heavy (non-hydrogen) atoms. The van der Waals surface area contributed by atoms with Crippen molar-refractivity contribution in [3.63, 3.8) is 0 Å². The number of allylic oxidation sites excluding steroid dienone is 2. The highest BCUT2D eigenvalue weighted by atomic mass is 19.1. The van der Waals surface area contributed by atoms with E-state index in [1.54, 1.807) is 6.07 Å². The average Bonchev–Trinajstić information content (AvgIpc) is 2.57. The fourth-order valence-corrected chi connectivity index (χ4v) is 5.23. The lowest BCUT2D eigenvalue weighted by Crippen LogP contribution is -2.47. The van der Waals surface area contributed by atoms with E-state index in [9.17, 15) is 0 Å². The summed E-state index contributed by atoms with van der Waals surface area (Å²) in [5.74, 6) is -0.0688. The van der Waals surface area contributed by atoms with Crippen molar-refractivity contribution in [2.45, 2.75) is 60.3 Å². The molecular formula is C24H37FN2. The summed E-state index contributed by atoms with van der Waals surface area (Å²) in [6.07, 6.45) is 6.93. The summed E-state index contributed by atoms with van der Waals surface area (Å²) in [4.78, 5) is 4.95. The van der Waals surface area contributed by atoms with Crippen LogP contribution in [0.15, 0.2) is 24.3 Å². The van der Waals surface area contributed by atoms with Crippen LogP contribution in [0, 0.1) is 16.6 Å². The van der Waals surface area contributed by atoms with Gasteiger partial charge in [-0.25, -0.2) is 4.39 Å². The molecule has 1 fully saturated rings. The highest BCUT2D eigenvalue weighted by Crippen LogP contribution is 2.49. The third-order valence-electron chi connectivity index (χ3n) is 6.02. The lowest BCUT2D eigenvalue weighted by atomic mass is 9.65. The molecule has 1 heterocycles. The summed E-state index contributed by atoms with van der Waals surface area (Å²) in [6, 6.07) is 5.62. The molecule has 0 bridgehead atoms. The summed E-state index contributed by atoms with van der Waals surface area (Å²) in [6.45, 7) is 16.7. The molecular weight excluding hydrogens is 335 g/mol. The van der Waals surface area contributed by atoms with Crippen molar-refractivity contribution < 1.29 is 4.39 Å². The molecule has 1 saturated heterocycles. The van der Waals surface area contributed by atoms with Crippen molar-refractivity contribution in [1.29, 1.82) is 0 Å². The highest BCUT2D eigenvalue weighted by Gasteiger charge is 2.35. The number of unbranched alkanes of at least 4 members (excludes halogenated alkanes) is 1. The van der Waals surface area contributed by atoms with Crippen LogP contribution in [0.1, 0.15) is 65.9 Å². The van der Waals surface area contributed by atoms with Crippen molar-refractivity contribution in [3.05, 3.63) is 35.7 Å². The van der Waals surface area contributed by atoms with Crippen molar-refractivity contribution in [2.75, 3.05) is 37.6 Å². The Labute approximate surface area is 165 Å². The van der Waals surface area contributed by atoms with E-state index in [1.165, 1.54) is 25.0 Å². The molecule has 3 heteroatoms. The maximum Gasteiger partial charge on any atom is 0.132 e. The van der Waals surface area contributed by atoms with E-state index >= 15 is 4.39 Å². The van der Waals surface area contributed by atoms with Gasteiger partial charge in [0.05, 0.1) is 0 Å². The minimum atomic E-state index is -0.0688. The lowest BCUT2D eigenvalue weighted by molar-refractivity contribution is 0.228. The van der Waals surface area contributed by atoms with Gasteiger partial charge in [0, 0.05) is 37.4 Å². The molecule has 1 aliphatic heterocycles. The van der Waals surface area contributed by atoms with Crippen molar-refractivity contribution >= 4 is 11.3 Å². The van der Waals surface area contributed by atoms with Gasteiger partial charge in [0.15, 0.2) is 0 Å². The number of nitrogens with zero attached hydrogens (tertiary/aromatic N) is 2. The topological polar surface area (TPSA) is 6.48 Å². The van der Waals surface area contributed by atoms with E-state index in [0.717, 1.165) is 50.3 Å². The minimum absolute atomic E-state index is 0.0688. The van der Waals surface area contributed by atoms with E-state index in [1.807, 2.05) is 6.07 Å². The van der Waals surface area contributed by atoms with E-state index in [4.69, 9.17) is 0 Å². The van der Waals surface area contributed by atoms with E-state index in [-0.39, 0.29) is 16.6 Å². The summed E-state index contributed by atoms with van der Waals surface area (Å²) >= 11 is 0. The molecule has 1 aromatic rings. The average molecular weight is 373 g/mol. The maximum absolute atomic E-state index is 15.1. The summed E-state index contributed by atoms with van der Waals surface area (Å²) in [5, 5.41) is 0. The molecule has 0 spiro atoms. The fraction of sp³-hybridized carbons (Fsp3) is 0.667. The number of halogens is 1. The van der Waals surface area contributed by atoms with Crippen molar-refractivity contribution in [1.82, 2.24) is 4.90 Å². The highest BCUT2D eigenvalue weighted by molar-refractivity contribution is 5.79. The van der Waals surface area contributed by atoms with Crippen LogP contribution in [0.25, 0.3) is 5.57 Å². The largest absolute Gasteiger partial charge is 0.368 e. The smallest absolute Gasteiger partial charge is 0.132 e. The second kappa shape index (κ2) is 7.95. The Balaban J connectivity index is 1.87. The first-order valence-electron chi connectivity index (χ1n) is 10.7. The molecule has 2 aliphatic rings. The molecule has 0 radical (unpaired) electrons. The predicted molar refractivity (Wildman–Crippen MR) is 115 cm³/mol. The van der Waals surface area contributed by atoms with Crippen LogP contribution in [0.2, 0.25) is 0 Å². The number of piperazine rings is 1. The Kier molecular flexibility index (Phi) is 6.00. The number of benzene rings is 1. The maximum atomic E-state index is 15.1. The van der Waals surface area contributed by atoms with E-state index < -0.39 is 0 Å². The molecule has 150 valence electrons. The van der Waals surface area contributed by atoms with Gasteiger partial charge in [-0.15, -0.1) is 0 Å². The summed E-state index contributed by atoms with van der Waals surface area (Å²) < 4.78 is 15.1. The summed E-state index contributed by atoms with van der Waals surface area (Å²) in [5.41, 5.74) is 3.43. The third-order valence-corrected chi connectivity index (χ3v) is 6.02. The number of hydrogen-bond donors (Lipinski definition) is 0. The van der Waals surface area contributed by atoms with Gasteiger partial charge in [-0.05, 0) is 54.3 Å². The van der Waals surface area contributed by atoms with Gasteiger partial charge in [0.25, 0.3) is 0 Å². The zero-order valence-electron chi connectivity index (χ0n) is 17.9. The van der Waals surface area contributed by atoms with Crippen LogP contribution in [0.4, 0.5) is 10.1 Å². The Bertz CT molecular complexity index is 682. The second-order valence-corrected chi connectivity index (χ2v) is 9.99. The molecule has 0 saturated carbocycles. The summed E-state index contributed by atoms with van der Waals surface area (Å²) in [7, 11) is 0. The van der Waals surface area contributed by atoms with Crippen LogP contribution < -0.4 is 4.90 Å². The monoisotopic (exact) mass is 372 g/mol. The van der Waals surface area contributed by atoms with Crippen LogP contribution >= 0.6 is 0 Å². The Morgan fingerprint density at radius 2 is 1.74 bits per heavy atom. The first-order chi connectivity index (χ1) is 12.7. The van der Waals surface area contributed by atoms with Gasteiger partial charge in [-0.2, -0.15) is 0 Å². The quantitative estimate of drug-likeness (QED) is 0.627. The molecule has 2 nitrogen and oxygen atoms in total. The zero-order chi connectivity index (χ0) is 19.7. The minimum Gasteiger partial charge on any atom is -0.368 e. The Hall–Kier alpha value is -1.35. The molecule has 0 amide bonds. The lowest BCUT2D eigenvalue weighted by Gasteiger charge is -2.41. The zero-order valence-corrected chi connectivity index (χ0v) is 17.9. The van der Waals surface area contributed by atoms with Crippen molar-refractivity contribution in [3.8, 4) is 0 Å². The van der Waals surface area contributed by atoms with Gasteiger partial charge < -0.3 is 4.90 Å². The van der Waals surface area contributed by atoms with Crippen LogP contribution in [0.5, 0.6) is 0 Å². The first-order valence-corrected chi connectivity index (χ1v) is 10.7. The normalized spacial score (nSPS) is 22.6. The second-order valence-electron chi connectivity index (χ2n) is 9.99. The van der Waals surface area contributed by atoms with Gasteiger partial charge in [0.2, 0.25) is 0 Å². The molecule has 0 atom stereocenters. The standard InChI is InChI=1S/C24H37FN2/c1-6-7-11-26-12-14-27(15-13-26)21-10-8-9-20(25)22(21)19-16-23(2,3)18-24(4,5)17-19/h8-10,16H,6-7,11-15,17-18H2,1-5H3. The predicted octanol–water partition coefficient (Wildman–Crippen LogP) is 5.98. The van der Waals surface area contributed by atoms with Gasteiger partial charge in [-0.1, -0.05) is 53.2 Å². The SMILES string of the molecule is CCCCN1CCN(c2cccc(F)c2C2=CC(C)(C)CC(C)(C)C2)CC1. The van der Waals surface area contributed by atoms with Crippen LogP contribution in [0.3, 0.4) is 0 Å². The molecule has 0 aromatic heterocycles. The number of anilines is 1. The number of rotatable bonds is 5. The van der Waals surface area contributed by atoms with Gasteiger partial charge in [-0.3, -0.25) is 4.90 Å². The molecule has 0 N–H and O–H groups in total.